The summed E-state index contributed by atoms with van der Waals surface area (Å²) in [5.74, 6) is 1.23. The fourth-order valence-corrected chi connectivity index (χ4v) is 3.81. The molecular formula is C15H26O. The summed E-state index contributed by atoms with van der Waals surface area (Å²) in [5.41, 5.74) is 2.11. The van der Waals surface area contributed by atoms with E-state index in [1.54, 1.807) is 5.57 Å². The summed E-state index contributed by atoms with van der Waals surface area (Å²) < 4.78 is 0. The minimum Gasteiger partial charge on any atom is -0.396 e. The summed E-state index contributed by atoms with van der Waals surface area (Å²) in [4.78, 5) is 0. The van der Waals surface area contributed by atoms with Crippen LogP contribution in [0.2, 0.25) is 0 Å². The van der Waals surface area contributed by atoms with Gasteiger partial charge in [-0.25, -0.2) is 0 Å². The van der Waals surface area contributed by atoms with Gasteiger partial charge in [0, 0.05) is 12.0 Å². The maximum Gasteiger partial charge on any atom is 0.0493 e. The van der Waals surface area contributed by atoms with Crippen molar-refractivity contribution in [3.05, 3.63) is 11.6 Å². The molecule has 0 unspecified atom stereocenters. The van der Waals surface area contributed by atoms with Crippen LogP contribution in [0.1, 0.15) is 53.4 Å². The van der Waals surface area contributed by atoms with Crippen molar-refractivity contribution in [1.29, 1.82) is 0 Å². The number of rotatable bonds is 1. The highest BCUT2D eigenvalue weighted by atomic mass is 16.3. The molecule has 0 heterocycles. The molecule has 0 aromatic heterocycles. The van der Waals surface area contributed by atoms with Crippen LogP contribution >= 0.6 is 0 Å². The van der Waals surface area contributed by atoms with Gasteiger partial charge in [0.1, 0.15) is 0 Å². The first-order valence-electron chi connectivity index (χ1n) is 6.73. The van der Waals surface area contributed by atoms with E-state index in [0.29, 0.717) is 23.9 Å². The maximum atomic E-state index is 9.80. The number of hydrogen-bond acceptors (Lipinski definition) is 1. The zero-order chi connectivity index (χ0) is 12.0. The Kier molecular flexibility index (Phi) is 2.94. The van der Waals surface area contributed by atoms with E-state index in [2.05, 4.69) is 33.8 Å². The molecule has 1 N–H and O–H groups in total. The molecule has 3 atom stereocenters. The van der Waals surface area contributed by atoms with E-state index in [0.717, 1.165) is 6.42 Å². The zero-order valence-electron chi connectivity index (χ0n) is 11.2. The fourth-order valence-electron chi connectivity index (χ4n) is 3.81. The van der Waals surface area contributed by atoms with Crippen LogP contribution < -0.4 is 0 Å². The van der Waals surface area contributed by atoms with Crippen molar-refractivity contribution in [1.82, 2.24) is 0 Å². The molecule has 92 valence electrons. The molecule has 1 saturated carbocycles. The summed E-state index contributed by atoms with van der Waals surface area (Å²) >= 11 is 0. The van der Waals surface area contributed by atoms with Crippen LogP contribution in [0.25, 0.3) is 0 Å². The SMILES string of the molecule is C[C@H]1CC=C2[C@@H](CCCC2(C)C)[C@]1(C)CO. The van der Waals surface area contributed by atoms with Gasteiger partial charge in [0.2, 0.25) is 0 Å². The van der Waals surface area contributed by atoms with E-state index in [9.17, 15) is 5.11 Å². The van der Waals surface area contributed by atoms with Crippen LogP contribution in [0, 0.1) is 22.7 Å². The number of fused-ring (bicyclic) bond motifs is 1. The molecule has 0 spiro atoms. The van der Waals surface area contributed by atoms with E-state index in [1.165, 1.54) is 19.3 Å². The van der Waals surface area contributed by atoms with Crippen molar-refractivity contribution in [3.63, 3.8) is 0 Å². The lowest BCUT2D eigenvalue weighted by Gasteiger charge is -2.52. The first-order valence-corrected chi connectivity index (χ1v) is 6.73. The third-order valence-electron chi connectivity index (χ3n) is 5.41. The molecule has 0 aromatic carbocycles. The Labute approximate surface area is 99.9 Å². The van der Waals surface area contributed by atoms with Crippen LogP contribution in [0.4, 0.5) is 0 Å². The van der Waals surface area contributed by atoms with E-state index in [-0.39, 0.29) is 5.41 Å². The van der Waals surface area contributed by atoms with Gasteiger partial charge in [0.15, 0.2) is 0 Å². The third-order valence-corrected chi connectivity index (χ3v) is 5.41. The van der Waals surface area contributed by atoms with Crippen molar-refractivity contribution >= 4 is 0 Å². The fraction of sp³-hybridized carbons (Fsp3) is 0.867. The minimum atomic E-state index is 0.113. The molecule has 0 amide bonds. The average Bonchev–Trinajstić information content (AvgIpc) is 2.23. The van der Waals surface area contributed by atoms with E-state index in [4.69, 9.17) is 0 Å². The van der Waals surface area contributed by atoms with Gasteiger partial charge in [0.25, 0.3) is 0 Å². The van der Waals surface area contributed by atoms with Gasteiger partial charge in [-0.05, 0) is 36.5 Å². The van der Waals surface area contributed by atoms with Crippen molar-refractivity contribution in [2.75, 3.05) is 6.61 Å². The molecule has 0 bridgehead atoms. The number of aliphatic hydroxyl groups is 1. The van der Waals surface area contributed by atoms with Crippen LogP contribution in [0.3, 0.4) is 0 Å². The molecule has 16 heavy (non-hydrogen) atoms. The highest BCUT2D eigenvalue weighted by molar-refractivity contribution is 5.24. The molecule has 1 nitrogen and oxygen atoms in total. The van der Waals surface area contributed by atoms with E-state index >= 15 is 0 Å². The van der Waals surface area contributed by atoms with E-state index < -0.39 is 0 Å². The molecule has 2 rings (SSSR count). The van der Waals surface area contributed by atoms with Crippen LogP contribution in [0.15, 0.2) is 11.6 Å². The van der Waals surface area contributed by atoms with Crippen molar-refractivity contribution in [2.24, 2.45) is 22.7 Å². The average molecular weight is 222 g/mol. The number of allylic oxidation sites excluding steroid dienone is 2. The van der Waals surface area contributed by atoms with Gasteiger partial charge in [0.05, 0.1) is 0 Å². The minimum absolute atomic E-state index is 0.113. The van der Waals surface area contributed by atoms with Gasteiger partial charge >= 0.3 is 0 Å². The van der Waals surface area contributed by atoms with E-state index in [1.807, 2.05) is 0 Å². The molecule has 1 heteroatoms. The topological polar surface area (TPSA) is 20.2 Å². The summed E-state index contributed by atoms with van der Waals surface area (Å²) in [6, 6.07) is 0. The first-order chi connectivity index (χ1) is 7.42. The van der Waals surface area contributed by atoms with Gasteiger partial charge in [-0.2, -0.15) is 0 Å². The highest BCUT2D eigenvalue weighted by Crippen LogP contribution is 2.55. The van der Waals surface area contributed by atoms with Crippen LogP contribution in [-0.4, -0.2) is 11.7 Å². The number of hydrogen-bond donors (Lipinski definition) is 1. The van der Waals surface area contributed by atoms with Crippen molar-refractivity contribution in [3.8, 4) is 0 Å². The molecule has 2 aliphatic rings. The van der Waals surface area contributed by atoms with Gasteiger partial charge in [-0.1, -0.05) is 45.8 Å². The second kappa shape index (κ2) is 3.87. The predicted molar refractivity (Wildman–Crippen MR) is 68.2 cm³/mol. The molecule has 0 aliphatic heterocycles. The van der Waals surface area contributed by atoms with Crippen molar-refractivity contribution < 1.29 is 5.11 Å². The first kappa shape index (κ1) is 12.2. The molecule has 0 aromatic rings. The smallest absolute Gasteiger partial charge is 0.0493 e. The summed E-state index contributed by atoms with van der Waals surface area (Å²) in [6.45, 7) is 9.67. The Morgan fingerprint density at radius 1 is 1.38 bits per heavy atom. The molecule has 0 radical (unpaired) electrons. The van der Waals surface area contributed by atoms with Gasteiger partial charge < -0.3 is 5.11 Å². The normalized spacial score (nSPS) is 42.4. The lowest BCUT2D eigenvalue weighted by atomic mass is 9.53. The standard InChI is InChI=1S/C15H26O/c1-11-7-8-12-13(15(11,4)10-16)6-5-9-14(12,2)3/h8,11,13,16H,5-7,9-10H2,1-4H3/t11-,13+,15+/m0/s1. The largest absolute Gasteiger partial charge is 0.396 e. The molecule has 2 aliphatic carbocycles. The second-order valence-electron chi connectivity index (χ2n) is 6.79. The predicted octanol–water partition coefficient (Wildman–Crippen LogP) is 3.78. The Morgan fingerprint density at radius 2 is 2.06 bits per heavy atom. The number of aliphatic hydroxyl groups excluding tert-OH is 1. The molecule has 0 saturated heterocycles. The second-order valence-corrected chi connectivity index (χ2v) is 6.79. The maximum absolute atomic E-state index is 9.80. The summed E-state index contributed by atoms with van der Waals surface area (Å²) in [5, 5.41) is 9.80. The quantitative estimate of drug-likeness (QED) is 0.669. The Balaban J connectivity index is 2.39. The molecular weight excluding hydrogens is 196 g/mol. The Bertz CT molecular complexity index is 303. The Hall–Kier alpha value is -0.300. The lowest BCUT2D eigenvalue weighted by Crippen LogP contribution is -2.45. The van der Waals surface area contributed by atoms with Crippen LogP contribution in [-0.2, 0) is 0 Å². The van der Waals surface area contributed by atoms with Gasteiger partial charge in [-0.15, -0.1) is 0 Å². The lowest BCUT2D eigenvalue weighted by molar-refractivity contribution is 0.00899. The third kappa shape index (κ3) is 1.64. The summed E-state index contributed by atoms with van der Waals surface area (Å²) in [7, 11) is 0. The van der Waals surface area contributed by atoms with Gasteiger partial charge in [-0.3, -0.25) is 0 Å². The summed E-state index contributed by atoms with van der Waals surface area (Å²) in [6.07, 6.45) is 7.53. The van der Waals surface area contributed by atoms with Crippen molar-refractivity contribution in [2.45, 2.75) is 53.4 Å². The monoisotopic (exact) mass is 222 g/mol. The zero-order valence-corrected chi connectivity index (χ0v) is 11.2. The van der Waals surface area contributed by atoms with Crippen LogP contribution in [0.5, 0.6) is 0 Å². The Morgan fingerprint density at radius 3 is 2.69 bits per heavy atom. The highest BCUT2D eigenvalue weighted by Gasteiger charge is 2.47. The molecule has 1 fully saturated rings.